The number of likely N-dealkylation sites (tertiary alicyclic amines) is 2. The third kappa shape index (κ3) is 6.49. The number of carbonyl (C=O) groups excluding carboxylic acids is 1. The van der Waals surface area contributed by atoms with Crippen molar-refractivity contribution in [1.29, 1.82) is 5.26 Å². The van der Waals surface area contributed by atoms with Gasteiger partial charge in [-0.05, 0) is 66.8 Å². The van der Waals surface area contributed by atoms with Crippen molar-refractivity contribution >= 4 is 40.2 Å². The Balaban J connectivity index is 1.26. The first-order chi connectivity index (χ1) is 24.6. The molecule has 51 heavy (non-hydrogen) atoms. The third-order valence-electron chi connectivity index (χ3n) is 9.85. The van der Waals surface area contributed by atoms with Gasteiger partial charge in [-0.15, -0.1) is 11.6 Å². The highest BCUT2D eigenvalue weighted by Crippen LogP contribution is 2.43. The van der Waals surface area contributed by atoms with Crippen LogP contribution >= 0.6 is 11.6 Å². The maximum Gasteiger partial charge on any atom is 0.320 e. The number of fused-ring (bicyclic) bond motifs is 1. The number of rotatable bonds is 10. The normalized spacial score (nSPS) is 22.4. The van der Waals surface area contributed by atoms with Crippen LogP contribution in [0.5, 0.6) is 5.75 Å². The topological polar surface area (TPSA) is 145 Å². The maximum atomic E-state index is 14.2. The summed E-state index contributed by atoms with van der Waals surface area (Å²) in [6.45, 7) is 4.00. The number of alkyl halides is 2. The van der Waals surface area contributed by atoms with Gasteiger partial charge in [0.25, 0.3) is 5.91 Å². The zero-order valence-corrected chi connectivity index (χ0v) is 28.9. The second kappa shape index (κ2) is 13.9. The largest absolute Gasteiger partial charge is 0.496 e. The number of hydrogen-bond acceptors (Lipinski definition) is 9. The lowest BCUT2D eigenvalue weighted by Crippen LogP contribution is -2.52. The Morgan fingerprint density at radius 2 is 2.04 bits per heavy atom. The number of halogens is 2. The number of hydrogen-bond donors (Lipinski definition) is 2. The van der Waals surface area contributed by atoms with E-state index in [0.717, 1.165) is 28.7 Å². The number of nitrogens with zero attached hydrogens (tertiary/aromatic N) is 5. The summed E-state index contributed by atoms with van der Waals surface area (Å²) in [4.78, 5) is 39.1. The molecular weight excluding hydrogens is 675 g/mol. The van der Waals surface area contributed by atoms with Gasteiger partial charge in [-0.25, -0.2) is 9.37 Å². The van der Waals surface area contributed by atoms with E-state index in [2.05, 4.69) is 16.4 Å². The molecule has 3 atom stereocenters. The van der Waals surface area contributed by atoms with Gasteiger partial charge >= 0.3 is 5.97 Å². The Morgan fingerprint density at radius 1 is 1.24 bits per heavy atom. The number of aromatic nitrogens is 2. The van der Waals surface area contributed by atoms with E-state index in [4.69, 9.17) is 25.7 Å². The van der Waals surface area contributed by atoms with Crippen LogP contribution in [0.25, 0.3) is 16.7 Å². The fraction of sp³-hybridized carbons (Fsp3) is 0.342. The number of oxazole rings is 1. The molecule has 2 aromatic heterocycles. The van der Waals surface area contributed by atoms with E-state index in [1.165, 1.54) is 19.4 Å². The fourth-order valence-electron chi connectivity index (χ4n) is 7.18. The van der Waals surface area contributed by atoms with E-state index < -0.39 is 35.0 Å². The average molecular weight is 711 g/mol. The minimum atomic E-state index is -1.53. The van der Waals surface area contributed by atoms with Crippen LogP contribution in [-0.2, 0) is 23.4 Å². The van der Waals surface area contributed by atoms with Crippen LogP contribution in [-0.4, -0.2) is 81.1 Å². The lowest BCUT2D eigenvalue weighted by atomic mass is 9.81. The number of carboxylic acid groups (broad SMARTS) is 1. The third-order valence-corrected chi connectivity index (χ3v) is 10.4. The molecule has 2 aliphatic heterocycles. The molecule has 13 heteroatoms. The number of methoxy groups -OCH3 is 1. The molecule has 3 aliphatic rings. The summed E-state index contributed by atoms with van der Waals surface area (Å²) in [5.41, 5.74) is 3.41. The summed E-state index contributed by atoms with van der Waals surface area (Å²) in [5, 5.41) is 21.9. The Bertz CT molecular complexity index is 2120. The minimum absolute atomic E-state index is 0.0345. The molecule has 4 aromatic rings. The van der Waals surface area contributed by atoms with Gasteiger partial charge in [0.1, 0.15) is 35.2 Å². The number of pyridine rings is 1. The van der Waals surface area contributed by atoms with Crippen LogP contribution in [0.2, 0.25) is 0 Å². The Hall–Kier alpha value is -5.09. The zero-order chi connectivity index (χ0) is 35.9. The molecule has 0 saturated carbocycles. The summed E-state index contributed by atoms with van der Waals surface area (Å²) >= 11 is 7.40. The number of benzene rings is 2. The smallest absolute Gasteiger partial charge is 0.320 e. The average Bonchev–Trinajstić information content (AvgIpc) is 3.76. The summed E-state index contributed by atoms with van der Waals surface area (Å²) in [7, 11) is 1.48. The summed E-state index contributed by atoms with van der Waals surface area (Å²) < 4.78 is 25.5. The molecule has 7 rings (SSSR count). The van der Waals surface area contributed by atoms with E-state index in [0.29, 0.717) is 56.0 Å². The van der Waals surface area contributed by atoms with Crippen molar-refractivity contribution in [2.45, 2.75) is 56.0 Å². The predicted octanol–water partition coefficient (Wildman–Crippen LogP) is 5.50. The van der Waals surface area contributed by atoms with Gasteiger partial charge in [-0.1, -0.05) is 36.4 Å². The Labute approximate surface area is 299 Å². The van der Waals surface area contributed by atoms with Crippen LogP contribution < -0.4 is 10.1 Å². The van der Waals surface area contributed by atoms with Crippen LogP contribution in [0.4, 0.5) is 4.39 Å². The van der Waals surface area contributed by atoms with Gasteiger partial charge in [0, 0.05) is 44.0 Å². The molecule has 0 radical (unpaired) electrons. The van der Waals surface area contributed by atoms with Gasteiger partial charge in [-0.2, -0.15) is 5.26 Å². The van der Waals surface area contributed by atoms with Gasteiger partial charge < -0.3 is 19.6 Å². The summed E-state index contributed by atoms with van der Waals surface area (Å²) in [5.74, 6) is -1.01. The van der Waals surface area contributed by atoms with Gasteiger partial charge in [0.2, 0.25) is 5.89 Å². The highest BCUT2D eigenvalue weighted by molar-refractivity contribution is 6.28. The van der Waals surface area contributed by atoms with Gasteiger partial charge in [0.15, 0.2) is 11.1 Å². The van der Waals surface area contributed by atoms with Crippen molar-refractivity contribution in [1.82, 2.24) is 25.1 Å². The molecule has 2 aromatic carbocycles. The number of aliphatic carboxylic acids is 1. The number of allylic oxidation sites excluding steroid dienone is 2. The second-order valence-electron chi connectivity index (χ2n) is 13.2. The maximum absolute atomic E-state index is 14.2. The molecule has 0 spiro atoms. The first-order valence-electron chi connectivity index (χ1n) is 16.7. The van der Waals surface area contributed by atoms with Crippen LogP contribution in [0.1, 0.15) is 57.0 Å². The molecule has 0 bridgehead atoms. The minimum Gasteiger partial charge on any atom is -0.496 e. The number of nitriles is 1. The van der Waals surface area contributed by atoms with Crippen molar-refractivity contribution in [2.24, 2.45) is 0 Å². The number of carbonyl (C=O) groups is 2. The van der Waals surface area contributed by atoms with E-state index >= 15 is 0 Å². The second-order valence-corrected chi connectivity index (χ2v) is 13.7. The van der Waals surface area contributed by atoms with Crippen molar-refractivity contribution in [3.05, 3.63) is 106 Å². The summed E-state index contributed by atoms with van der Waals surface area (Å²) in [6.07, 6.45) is 7.38. The predicted molar refractivity (Wildman–Crippen MR) is 188 cm³/mol. The van der Waals surface area contributed by atoms with Gasteiger partial charge in [0.05, 0.1) is 18.1 Å². The highest BCUT2D eigenvalue weighted by Gasteiger charge is 2.47. The molecule has 2 fully saturated rings. The van der Waals surface area contributed by atoms with Crippen LogP contribution in [0, 0.1) is 18.3 Å². The number of carboxylic acids is 1. The van der Waals surface area contributed by atoms with Crippen LogP contribution in [0.15, 0.2) is 71.3 Å². The first-order valence-corrected chi connectivity index (χ1v) is 17.2. The highest BCUT2D eigenvalue weighted by atomic mass is 35.5. The zero-order valence-electron chi connectivity index (χ0n) is 28.1. The molecule has 4 heterocycles. The summed E-state index contributed by atoms with van der Waals surface area (Å²) in [6, 6.07) is 14.4. The lowest BCUT2D eigenvalue weighted by molar-refractivity contribution is -0.142. The first kappa shape index (κ1) is 34.4. The van der Waals surface area contributed by atoms with E-state index in [1.807, 2.05) is 47.1 Å². The Kier molecular flexibility index (Phi) is 9.37. The fourth-order valence-corrected chi connectivity index (χ4v) is 7.59. The van der Waals surface area contributed by atoms with Gasteiger partial charge in [-0.3, -0.25) is 24.4 Å². The SMILES string of the molecule is COc1cc(C(=O)NC2(c3nc4cc(CN5CC(F)C5)cc(C#N)c4o3)C=CC=C(c3ccccc3C)C2Cl)ncc1CN1CCC[C@H]1C(=O)O. The monoisotopic (exact) mass is 710 g/mol. The van der Waals surface area contributed by atoms with Crippen molar-refractivity contribution in [2.75, 3.05) is 26.7 Å². The molecular formula is C38H36ClFN6O5. The quantitative estimate of drug-likeness (QED) is 0.203. The standard InChI is InChI=1S/C38H36ClFN6O5/c1-22-7-3-4-8-27(22)28-9-5-11-38(34(28)39,37-43-29-14-23(18-45-20-26(40)21-45)13-24(16-41)33(29)51-37)44-35(47)30-15-32(50-2)25(17-42-30)19-46-12-6-10-31(46)36(48)49/h3-5,7-9,11,13-15,17,26,31,34H,6,10,12,18-21H2,1-2H3,(H,44,47)(H,48,49)/t31-,34?,38?/m0/s1. The van der Waals surface area contributed by atoms with E-state index in [9.17, 15) is 24.3 Å². The molecule has 2 unspecified atom stereocenters. The molecule has 262 valence electrons. The van der Waals surface area contributed by atoms with Crippen LogP contribution in [0.3, 0.4) is 0 Å². The number of aryl methyl sites for hydroxylation is 1. The number of nitrogens with one attached hydrogen (secondary N) is 1. The van der Waals surface area contributed by atoms with Crippen molar-refractivity contribution in [3.8, 4) is 11.8 Å². The molecule has 11 nitrogen and oxygen atoms in total. The van der Waals surface area contributed by atoms with Crippen molar-refractivity contribution in [3.63, 3.8) is 0 Å². The lowest BCUT2D eigenvalue weighted by Gasteiger charge is -2.36. The van der Waals surface area contributed by atoms with E-state index in [-0.39, 0.29) is 22.7 Å². The molecule has 1 aliphatic carbocycles. The van der Waals surface area contributed by atoms with E-state index in [1.54, 1.807) is 24.3 Å². The number of ether oxygens (including phenoxy) is 1. The van der Waals surface area contributed by atoms with Crippen molar-refractivity contribution < 1.29 is 28.2 Å². The molecule has 1 amide bonds. The number of amides is 1. The Morgan fingerprint density at radius 3 is 2.76 bits per heavy atom. The molecule has 2 saturated heterocycles. The molecule has 2 N–H and O–H groups in total.